The van der Waals surface area contributed by atoms with Gasteiger partial charge in [0.05, 0.1) is 5.02 Å². The molecule has 0 aliphatic rings. The number of hydrogen-bond acceptors (Lipinski definition) is 1. The summed E-state index contributed by atoms with van der Waals surface area (Å²) in [5.41, 5.74) is -1.20. The van der Waals surface area contributed by atoms with Gasteiger partial charge in [-0.05, 0) is 12.1 Å². The number of ether oxygens (including phenoxy) is 1. The molecule has 1 nitrogen and oxygen atoms in total. The van der Waals surface area contributed by atoms with Gasteiger partial charge in [-0.15, -0.1) is 18.6 Å². The van der Waals surface area contributed by atoms with Gasteiger partial charge in [-0.3, -0.25) is 0 Å². The van der Waals surface area contributed by atoms with Crippen LogP contribution < -0.4 is 61.6 Å². The van der Waals surface area contributed by atoms with E-state index < -0.39 is 29.6 Å². The van der Waals surface area contributed by atoms with Crippen LogP contribution in [0.3, 0.4) is 0 Å². The third kappa shape index (κ3) is 5.84. The van der Waals surface area contributed by atoms with Crippen LogP contribution in [0.2, 0.25) is 5.02 Å². The van der Waals surface area contributed by atoms with Crippen LogP contribution >= 0.6 is 11.6 Å². The van der Waals surface area contributed by atoms with E-state index in [0.717, 1.165) is 0 Å². The van der Waals surface area contributed by atoms with E-state index in [1.165, 1.54) is 0 Å². The van der Waals surface area contributed by atoms with E-state index >= 15 is 0 Å². The van der Waals surface area contributed by atoms with Crippen LogP contribution in [0, 0.1) is 0 Å². The first-order chi connectivity index (χ1) is 7.09. The number of rotatable bonds is 2. The summed E-state index contributed by atoms with van der Waals surface area (Å²) in [6.07, 6.45) is -5.08. The van der Waals surface area contributed by atoms with Crippen molar-refractivity contribution in [1.29, 1.82) is 0 Å². The summed E-state index contributed by atoms with van der Waals surface area (Å²) >= 11 is 5.27. The average molecular weight is 302 g/mol. The third-order valence-electron chi connectivity index (χ3n) is 1.56. The fraction of sp³-hybridized carbons (Fsp3) is 0.143. The minimum Gasteiger partial charge on any atom is -0.445 e. The van der Waals surface area contributed by atoms with Crippen LogP contribution in [0.25, 0.3) is 0 Å². The monoisotopic (exact) mass is 302 g/mol. The van der Waals surface area contributed by atoms with E-state index in [0.29, 0.717) is 12.1 Å². The molecule has 0 saturated carbocycles. The van der Waals surface area contributed by atoms with E-state index in [2.05, 4.69) is 4.74 Å². The van der Waals surface area contributed by atoms with Gasteiger partial charge in [-0.2, -0.15) is 0 Å². The van der Waals surface area contributed by atoms with E-state index in [1.807, 2.05) is 0 Å². The molecule has 0 amide bonds. The van der Waals surface area contributed by atoms with Crippen molar-refractivity contribution in [2.24, 2.45) is 0 Å². The van der Waals surface area contributed by atoms with Crippen LogP contribution in [-0.4, -0.2) is 13.3 Å². The minimum absolute atomic E-state index is 0. The Morgan fingerprint density at radius 2 is 1.65 bits per heavy atom. The van der Waals surface area contributed by atoms with Crippen molar-refractivity contribution >= 4 is 24.0 Å². The maximum Gasteiger partial charge on any atom is 1.00 e. The first-order valence-corrected chi connectivity index (χ1v) is 4.22. The van der Waals surface area contributed by atoms with Gasteiger partial charge in [0, 0.05) is 0 Å². The molecule has 1 rings (SSSR count). The Morgan fingerprint density at radius 3 is 2.06 bits per heavy atom. The van der Waals surface area contributed by atoms with Crippen molar-refractivity contribution in [3.63, 3.8) is 0 Å². The molecule has 0 bridgehead atoms. The van der Waals surface area contributed by atoms with Crippen LogP contribution in [0.4, 0.5) is 26.1 Å². The molecule has 0 spiro atoms. The summed E-state index contributed by atoms with van der Waals surface area (Å²) < 4.78 is 75.4. The van der Waals surface area contributed by atoms with Gasteiger partial charge >= 0.3 is 64.7 Å². The van der Waals surface area contributed by atoms with Crippen molar-refractivity contribution in [3.8, 4) is 5.75 Å². The van der Waals surface area contributed by atoms with Gasteiger partial charge in [-0.1, -0.05) is 17.7 Å². The molecule has 1 aromatic rings. The molecule has 0 aliphatic heterocycles. The van der Waals surface area contributed by atoms with Gasteiger partial charge in [0.1, 0.15) is 5.75 Å². The van der Waals surface area contributed by atoms with Crippen molar-refractivity contribution < 1.29 is 82.2 Å². The van der Waals surface area contributed by atoms with Crippen LogP contribution in [0.1, 0.15) is 0 Å². The van der Waals surface area contributed by atoms with E-state index in [-0.39, 0.29) is 57.5 Å². The van der Waals surface area contributed by atoms with Gasteiger partial charge in [0.25, 0.3) is 0 Å². The van der Waals surface area contributed by atoms with Crippen molar-refractivity contribution in [2.45, 2.75) is 6.36 Å². The number of benzene rings is 1. The largest absolute Gasteiger partial charge is 1.00 e. The normalized spacial score (nSPS) is 11.9. The minimum atomic E-state index is -5.39. The van der Waals surface area contributed by atoms with Crippen molar-refractivity contribution in [2.75, 3.05) is 0 Å². The molecule has 0 N–H and O–H groups in total. The van der Waals surface area contributed by atoms with E-state index in [9.17, 15) is 26.1 Å². The maximum atomic E-state index is 12.2. The molecule has 0 atom stereocenters. The topological polar surface area (TPSA) is 9.23 Å². The predicted molar refractivity (Wildman–Crippen MR) is 46.8 cm³/mol. The quantitative estimate of drug-likeness (QED) is 0.564. The second-order valence-corrected chi connectivity index (χ2v) is 3.22. The molecule has 0 saturated heterocycles. The second kappa shape index (κ2) is 6.16. The Labute approximate surface area is 140 Å². The molecule has 17 heavy (non-hydrogen) atoms. The predicted octanol–water partition coefficient (Wildman–Crippen LogP) is 0.297. The third-order valence-corrected chi connectivity index (χ3v) is 1.87. The smallest absolute Gasteiger partial charge is 0.445 e. The maximum absolute atomic E-state index is 12.2. The summed E-state index contributed by atoms with van der Waals surface area (Å²) in [5.74, 6) is -1.06. The number of hydrogen-bond donors (Lipinski definition) is 0. The zero-order valence-electron chi connectivity index (χ0n) is 8.36. The van der Waals surface area contributed by atoms with E-state index in [1.54, 1.807) is 0 Å². The molecule has 0 fully saturated rings. The fourth-order valence-corrected chi connectivity index (χ4v) is 1.08. The standard InChI is InChI=1S/C7H3BClF6O.K/c9-5-2-1-4(8(13,14)15)3-6(5)16-7(10,11)12;/h1-3H;/q-1;+1. The fourth-order valence-electron chi connectivity index (χ4n) is 0.926. The average Bonchev–Trinajstić information content (AvgIpc) is 2.04. The second-order valence-electron chi connectivity index (χ2n) is 2.81. The number of halogens is 7. The Morgan fingerprint density at radius 1 is 1.12 bits per heavy atom. The van der Waals surface area contributed by atoms with Gasteiger partial charge in [-0.25, -0.2) is 0 Å². The summed E-state index contributed by atoms with van der Waals surface area (Å²) in [4.78, 5) is 0. The van der Waals surface area contributed by atoms with Gasteiger partial charge in [0.15, 0.2) is 0 Å². The molecule has 10 heteroatoms. The first kappa shape index (κ1) is 17.6. The zero-order valence-corrected chi connectivity index (χ0v) is 12.2. The first-order valence-electron chi connectivity index (χ1n) is 3.85. The van der Waals surface area contributed by atoms with Crippen molar-refractivity contribution in [3.05, 3.63) is 23.2 Å². The molecular weight excluding hydrogens is 299 g/mol. The van der Waals surface area contributed by atoms with Crippen molar-refractivity contribution in [1.82, 2.24) is 0 Å². The Bertz CT molecular complexity index is 393. The molecule has 1 aromatic carbocycles. The molecule has 0 aromatic heterocycles. The summed E-state index contributed by atoms with van der Waals surface area (Å²) in [5, 5.41) is -0.541. The van der Waals surface area contributed by atoms with Gasteiger partial charge in [0.2, 0.25) is 0 Å². The molecule has 0 heterocycles. The Balaban J connectivity index is 0.00000256. The molecule has 0 unspecified atom stereocenters. The summed E-state index contributed by atoms with van der Waals surface area (Å²) in [6.45, 7) is -5.39. The van der Waals surface area contributed by atoms with E-state index in [4.69, 9.17) is 11.6 Å². The van der Waals surface area contributed by atoms with Crippen LogP contribution in [0.5, 0.6) is 5.75 Å². The SMILES string of the molecule is F[B-](F)(F)c1ccc(Cl)c(OC(F)(F)F)c1.[K+]. The zero-order chi connectivity index (χ0) is 12.6. The molecular formula is C7H3BClF6KO. The summed E-state index contributed by atoms with van der Waals surface area (Å²) in [7, 11) is 0. The molecule has 90 valence electrons. The molecule has 0 aliphatic carbocycles. The number of alkyl halides is 3. The van der Waals surface area contributed by atoms with Crippen LogP contribution in [-0.2, 0) is 0 Å². The summed E-state index contributed by atoms with van der Waals surface area (Å²) in [6, 6.07) is 1.51. The van der Waals surface area contributed by atoms with Crippen LogP contribution in [0.15, 0.2) is 18.2 Å². The molecule has 0 radical (unpaired) electrons. The Kier molecular flexibility index (Phi) is 6.37. The van der Waals surface area contributed by atoms with Gasteiger partial charge < -0.3 is 17.7 Å². The Hall–Kier alpha value is 0.591.